The maximum Gasteiger partial charge on any atom is 0.247 e. The van der Waals surface area contributed by atoms with E-state index in [0.717, 1.165) is 25.8 Å². The predicted molar refractivity (Wildman–Crippen MR) is 103 cm³/mol. The Labute approximate surface area is 163 Å². The number of carbonyl (C=O) groups excluding carboxylic acids is 2. The minimum atomic E-state index is -0.420. The van der Waals surface area contributed by atoms with Crippen LogP contribution in [0.15, 0.2) is 18.2 Å². The molecule has 0 spiro atoms. The molecule has 0 aromatic heterocycles. The van der Waals surface area contributed by atoms with E-state index in [-0.39, 0.29) is 30.3 Å². The minimum absolute atomic E-state index is 0. The summed E-state index contributed by atoms with van der Waals surface area (Å²) < 4.78 is 0. The van der Waals surface area contributed by atoms with Gasteiger partial charge in [-0.15, -0.1) is 12.4 Å². The molecule has 2 fully saturated rings. The Hall–Kier alpha value is -1.01. The molecule has 0 bridgehead atoms. The van der Waals surface area contributed by atoms with Gasteiger partial charge in [0.15, 0.2) is 0 Å². The Morgan fingerprint density at radius 1 is 1.16 bits per heavy atom. The van der Waals surface area contributed by atoms with Crippen molar-refractivity contribution in [3.8, 4) is 0 Å². The van der Waals surface area contributed by atoms with Crippen molar-refractivity contribution in [2.24, 2.45) is 0 Å². The van der Waals surface area contributed by atoms with Crippen LogP contribution in [0, 0.1) is 0 Å². The molecule has 25 heavy (non-hydrogen) atoms. The number of halogens is 3. The molecule has 1 aromatic rings. The molecule has 138 valence electrons. The molecule has 0 aliphatic carbocycles. The standard InChI is InChI=1S/C17H21Cl2N3O2.ClH/c18-11-7-12(19)9-14(8-11)21-17(24)15-4-2-6-22(15)16(23)10-13-3-1-5-20-13;/h7-9,13,15,20H,1-6,10H2,(H,21,24);1H. The molecule has 1 aromatic carbocycles. The highest BCUT2D eigenvalue weighted by atomic mass is 35.5. The van der Waals surface area contributed by atoms with Crippen molar-refractivity contribution in [3.63, 3.8) is 0 Å². The largest absolute Gasteiger partial charge is 0.331 e. The lowest BCUT2D eigenvalue weighted by Crippen LogP contribution is -2.44. The third-order valence-electron chi connectivity index (χ3n) is 4.59. The fourth-order valence-corrected chi connectivity index (χ4v) is 3.97. The second-order valence-electron chi connectivity index (χ2n) is 6.39. The maximum absolute atomic E-state index is 12.6. The molecule has 2 atom stereocenters. The van der Waals surface area contributed by atoms with Gasteiger partial charge in [-0.25, -0.2) is 0 Å². The number of rotatable bonds is 4. The van der Waals surface area contributed by atoms with E-state index in [1.165, 1.54) is 0 Å². The number of nitrogens with one attached hydrogen (secondary N) is 2. The van der Waals surface area contributed by atoms with Gasteiger partial charge < -0.3 is 15.5 Å². The summed E-state index contributed by atoms with van der Waals surface area (Å²) in [6, 6.07) is 4.73. The zero-order chi connectivity index (χ0) is 17.1. The first-order chi connectivity index (χ1) is 11.5. The smallest absolute Gasteiger partial charge is 0.247 e. The highest BCUT2D eigenvalue weighted by molar-refractivity contribution is 6.35. The molecule has 2 amide bonds. The SMILES string of the molecule is Cl.O=C(Nc1cc(Cl)cc(Cl)c1)C1CCCN1C(=O)CC1CCCN1. The number of hydrogen-bond acceptors (Lipinski definition) is 3. The Bertz CT molecular complexity index is 615. The zero-order valence-electron chi connectivity index (χ0n) is 13.8. The molecule has 0 saturated carbocycles. The lowest BCUT2D eigenvalue weighted by atomic mass is 10.1. The van der Waals surface area contributed by atoms with Gasteiger partial charge in [-0.1, -0.05) is 23.2 Å². The summed E-state index contributed by atoms with van der Waals surface area (Å²) in [7, 11) is 0. The van der Waals surface area contributed by atoms with Crippen molar-refractivity contribution in [1.29, 1.82) is 0 Å². The van der Waals surface area contributed by atoms with Gasteiger partial charge in [0.2, 0.25) is 11.8 Å². The third-order valence-corrected chi connectivity index (χ3v) is 5.03. The molecular weight excluding hydrogens is 385 g/mol. The molecule has 2 unspecified atom stereocenters. The second kappa shape index (κ2) is 9.08. The second-order valence-corrected chi connectivity index (χ2v) is 7.26. The summed E-state index contributed by atoms with van der Waals surface area (Å²) in [6.45, 7) is 1.61. The number of hydrogen-bond donors (Lipinski definition) is 2. The Balaban J connectivity index is 0.00000225. The van der Waals surface area contributed by atoms with E-state index in [9.17, 15) is 9.59 Å². The summed E-state index contributed by atoms with van der Waals surface area (Å²) in [5.41, 5.74) is 0.550. The van der Waals surface area contributed by atoms with Crippen LogP contribution in [0.1, 0.15) is 32.1 Å². The molecule has 5 nitrogen and oxygen atoms in total. The van der Waals surface area contributed by atoms with Gasteiger partial charge >= 0.3 is 0 Å². The van der Waals surface area contributed by atoms with E-state index in [0.29, 0.717) is 35.1 Å². The van der Waals surface area contributed by atoms with E-state index < -0.39 is 6.04 Å². The lowest BCUT2D eigenvalue weighted by Gasteiger charge is -2.25. The van der Waals surface area contributed by atoms with Crippen LogP contribution in [0.5, 0.6) is 0 Å². The number of anilines is 1. The van der Waals surface area contributed by atoms with Crippen LogP contribution in [0.4, 0.5) is 5.69 Å². The first-order valence-electron chi connectivity index (χ1n) is 8.33. The van der Waals surface area contributed by atoms with Gasteiger partial charge in [-0.3, -0.25) is 9.59 Å². The average molecular weight is 407 g/mol. The van der Waals surface area contributed by atoms with Crippen LogP contribution in [-0.4, -0.2) is 41.9 Å². The van der Waals surface area contributed by atoms with Crippen LogP contribution in [0.3, 0.4) is 0 Å². The van der Waals surface area contributed by atoms with Crippen LogP contribution in [0.25, 0.3) is 0 Å². The Morgan fingerprint density at radius 3 is 2.52 bits per heavy atom. The highest BCUT2D eigenvalue weighted by Crippen LogP contribution is 2.25. The van der Waals surface area contributed by atoms with Gasteiger partial charge in [0.1, 0.15) is 6.04 Å². The average Bonchev–Trinajstić information content (AvgIpc) is 3.16. The van der Waals surface area contributed by atoms with E-state index in [2.05, 4.69) is 10.6 Å². The van der Waals surface area contributed by atoms with Gasteiger partial charge in [-0.05, 0) is 50.4 Å². The summed E-state index contributed by atoms with van der Waals surface area (Å²) in [5.74, 6) is -0.130. The summed E-state index contributed by atoms with van der Waals surface area (Å²) in [6.07, 6.45) is 4.13. The molecule has 2 aliphatic heterocycles. The molecule has 2 aliphatic rings. The normalized spacial score (nSPS) is 22.6. The number of carbonyl (C=O) groups is 2. The molecule has 2 saturated heterocycles. The van der Waals surface area contributed by atoms with Crippen LogP contribution in [-0.2, 0) is 9.59 Å². The third kappa shape index (κ3) is 5.23. The lowest BCUT2D eigenvalue weighted by molar-refractivity contribution is -0.137. The van der Waals surface area contributed by atoms with E-state index in [1.54, 1.807) is 23.1 Å². The summed E-state index contributed by atoms with van der Waals surface area (Å²) in [4.78, 5) is 26.8. The topological polar surface area (TPSA) is 61.4 Å². The zero-order valence-corrected chi connectivity index (χ0v) is 16.1. The molecule has 0 radical (unpaired) electrons. The van der Waals surface area contributed by atoms with Gasteiger partial charge in [0.05, 0.1) is 0 Å². The first-order valence-corrected chi connectivity index (χ1v) is 9.08. The fourth-order valence-electron chi connectivity index (χ4n) is 3.45. The van der Waals surface area contributed by atoms with E-state index in [1.807, 2.05) is 0 Å². The summed E-state index contributed by atoms with van der Waals surface area (Å²) >= 11 is 11.9. The van der Waals surface area contributed by atoms with Gasteiger partial charge in [-0.2, -0.15) is 0 Å². The predicted octanol–water partition coefficient (Wildman–Crippen LogP) is 3.49. The monoisotopic (exact) mass is 405 g/mol. The maximum atomic E-state index is 12.6. The minimum Gasteiger partial charge on any atom is -0.331 e. The van der Waals surface area contributed by atoms with Crippen molar-refractivity contribution in [3.05, 3.63) is 28.2 Å². The van der Waals surface area contributed by atoms with Crippen LogP contribution in [0.2, 0.25) is 10.0 Å². The van der Waals surface area contributed by atoms with E-state index in [4.69, 9.17) is 23.2 Å². The number of likely N-dealkylation sites (tertiary alicyclic amines) is 1. The Kier molecular flexibility index (Phi) is 7.37. The molecular formula is C17H22Cl3N3O2. The Morgan fingerprint density at radius 2 is 1.88 bits per heavy atom. The molecule has 3 rings (SSSR count). The molecule has 2 heterocycles. The number of amides is 2. The number of nitrogens with zero attached hydrogens (tertiary/aromatic N) is 1. The van der Waals surface area contributed by atoms with Crippen molar-refractivity contribution in [1.82, 2.24) is 10.2 Å². The quantitative estimate of drug-likeness (QED) is 0.804. The van der Waals surface area contributed by atoms with Crippen LogP contribution >= 0.6 is 35.6 Å². The molecule has 2 N–H and O–H groups in total. The van der Waals surface area contributed by atoms with E-state index >= 15 is 0 Å². The van der Waals surface area contributed by atoms with Crippen molar-refractivity contribution in [2.45, 2.75) is 44.2 Å². The fraction of sp³-hybridized carbons (Fsp3) is 0.529. The van der Waals surface area contributed by atoms with Crippen molar-refractivity contribution >= 4 is 53.1 Å². The highest BCUT2D eigenvalue weighted by Gasteiger charge is 2.35. The first kappa shape index (κ1) is 20.3. The van der Waals surface area contributed by atoms with Crippen molar-refractivity contribution in [2.75, 3.05) is 18.4 Å². The molecule has 8 heteroatoms. The number of benzene rings is 1. The van der Waals surface area contributed by atoms with Gasteiger partial charge in [0, 0.05) is 34.7 Å². The summed E-state index contributed by atoms with van der Waals surface area (Å²) in [5, 5.41) is 7.08. The van der Waals surface area contributed by atoms with Crippen LogP contribution < -0.4 is 10.6 Å². The van der Waals surface area contributed by atoms with Crippen molar-refractivity contribution < 1.29 is 9.59 Å². The van der Waals surface area contributed by atoms with Gasteiger partial charge in [0.25, 0.3) is 0 Å².